The minimum absolute atomic E-state index is 0.0819. The molecule has 0 unspecified atom stereocenters. The highest BCUT2D eigenvalue weighted by atomic mass is 32.2. The molecule has 2 rings (SSSR count). The third-order valence-corrected chi connectivity index (χ3v) is 5.12. The number of hydrogen-bond donors (Lipinski definition) is 0. The Morgan fingerprint density at radius 1 is 1.14 bits per heavy atom. The molecule has 0 N–H and O–H groups in total. The SMILES string of the molecule is O=S1(=O)CCCN(Cc2ccccc2OCC(F)(F)F)CC1. The number of para-hydroxylation sites is 1. The first-order valence-corrected chi connectivity index (χ1v) is 8.77. The number of halogens is 3. The molecule has 8 heteroatoms. The first-order valence-electron chi connectivity index (χ1n) is 6.95. The van der Waals surface area contributed by atoms with Gasteiger partial charge in [-0.1, -0.05) is 18.2 Å². The zero-order valence-corrected chi connectivity index (χ0v) is 12.8. The van der Waals surface area contributed by atoms with E-state index in [-0.39, 0.29) is 17.3 Å². The molecule has 0 amide bonds. The Morgan fingerprint density at radius 3 is 2.59 bits per heavy atom. The van der Waals surface area contributed by atoms with Crippen LogP contribution in [0.5, 0.6) is 5.75 Å². The topological polar surface area (TPSA) is 46.6 Å². The van der Waals surface area contributed by atoms with Crippen molar-refractivity contribution in [2.45, 2.75) is 19.1 Å². The molecule has 1 aliphatic rings. The van der Waals surface area contributed by atoms with Gasteiger partial charge in [0.15, 0.2) is 16.4 Å². The molecule has 1 heterocycles. The highest BCUT2D eigenvalue weighted by Gasteiger charge is 2.29. The van der Waals surface area contributed by atoms with Crippen molar-refractivity contribution in [1.29, 1.82) is 0 Å². The van der Waals surface area contributed by atoms with Crippen LogP contribution in [0.4, 0.5) is 13.2 Å². The Labute approximate surface area is 127 Å². The monoisotopic (exact) mass is 337 g/mol. The molecule has 1 aliphatic heterocycles. The molecule has 22 heavy (non-hydrogen) atoms. The lowest BCUT2D eigenvalue weighted by Gasteiger charge is -2.21. The second kappa shape index (κ2) is 6.87. The van der Waals surface area contributed by atoms with Crippen LogP contribution in [-0.2, 0) is 16.4 Å². The molecule has 0 saturated carbocycles. The smallest absolute Gasteiger partial charge is 0.422 e. The van der Waals surface area contributed by atoms with Crippen LogP contribution in [0.2, 0.25) is 0 Å². The second-order valence-electron chi connectivity index (χ2n) is 5.29. The van der Waals surface area contributed by atoms with Crippen LogP contribution in [0, 0.1) is 0 Å². The van der Waals surface area contributed by atoms with Crippen LogP contribution in [0.25, 0.3) is 0 Å². The summed E-state index contributed by atoms with van der Waals surface area (Å²) in [6, 6.07) is 6.53. The standard InChI is InChI=1S/C14H18F3NO3S/c15-14(16,17)11-21-13-5-2-1-4-12(13)10-18-6-3-8-22(19,20)9-7-18/h1-2,4-5H,3,6-11H2. The summed E-state index contributed by atoms with van der Waals surface area (Å²) >= 11 is 0. The number of nitrogens with zero attached hydrogens (tertiary/aromatic N) is 1. The van der Waals surface area contributed by atoms with Gasteiger partial charge < -0.3 is 4.74 Å². The normalized spacial score (nSPS) is 19.6. The first-order chi connectivity index (χ1) is 10.3. The van der Waals surface area contributed by atoms with Crippen LogP contribution in [0.3, 0.4) is 0 Å². The van der Waals surface area contributed by atoms with E-state index in [9.17, 15) is 21.6 Å². The van der Waals surface area contributed by atoms with Crippen molar-refractivity contribution in [2.24, 2.45) is 0 Å². The van der Waals surface area contributed by atoms with E-state index in [1.54, 1.807) is 18.2 Å². The predicted octanol–water partition coefficient (Wildman–Crippen LogP) is 2.25. The highest BCUT2D eigenvalue weighted by molar-refractivity contribution is 7.91. The molecule has 0 spiro atoms. The summed E-state index contributed by atoms with van der Waals surface area (Å²) in [4.78, 5) is 1.93. The number of sulfone groups is 1. The van der Waals surface area contributed by atoms with E-state index < -0.39 is 22.6 Å². The van der Waals surface area contributed by atoms with Crippen LogP contribution in [-0.4, -0.2) is 50.7 Å². The van der Waals surface area contributed by atoms with Gasteiger partial charge in [0.2, 0.25) is 0 Å². The summed E-state index contributed by atoms with van der Waals surface area (Å²) in [5, 5.41) is 0. The van der Waals surface area contributed by atoms with E-state index in [1.807, 2.05) is 4.90 Å². The molecular formula is C14H18F3NO3S. The van der Waals surface area contributed by atoms with Crippen molar-refractivity contribution in [1.82, 2.24) is 4.90 Å². The lowest BCUT2D eigenvalue weighted by atomic mass is 10.2. The Bertz CT molecular complexity index is 602. The molecule has 1 saturated heterocycles. The largest absolute Gasteiger partial charge is 0.484 e. The fraction of sp³-hybridized carbons (Fsp3) is 0.571. The summed E-state index contributed by atoms with van der Waals surface area (Å²) in [7, 11) is -3.01. The van der Waals surface area contributed by atoms with Gasteiger partial charge in [0, 0.05) is 18.7 Å². The van der Waals surface area contributed by atoms with Crippen molar-refractivity contribution < 1.29 is 26.3 Å². The van der Waals surface area contributed by atoms with Gasteiger partial charge in [-0.2, -0.15) is 13.2 Å². The average molecular weight is 337 g/mol. The average Bonchev–Trinajstić information content (AvgIpc) is 2.58. The van der Waals surface area contributed by atoms with E-state index in [4.69, 9.17) is 4.74 Å². The lowest BCUT2D eigenvalue weighted by molar-refractivity contribution is -0.153. The maximum Gasteiger partial charge on any atom is 0.422 e. The number of hydrogen-bond acceptors (Lipinski definition) is 4. The van der Waals surface area contributed by atoms with E-state index in [0.717, 1.165) is 0 Å². The van der Waals surface area contributed by atoms with Crippen LogP contribution < -0.4 is 4.74 Å². The number of rotatable bonds is 4. The van der Waals surface area contributed by atoms with Crippen molar-refractivity contribution in [3.8, 4) is 5.75 Å². The number of ether oxygens (including phenoxy) is 1. The Morgan fingerprint density at radius 2 is 1.86 bits per heavy atom. The van der Waals surface area contributed by atoms with Crippen molar-refractivity contribution in [2.75, 3.05) is 31.2 Å². The summed E-state index contributed by atoms with van der Waals surface area (Å²) in [5.41, 5.74) is 0.631. The molecule has 0 radical (unpaired) electrons. The third kappa shape index (κ3) is 5.49. The third-order valence-electron chi connectivity index (χ3n) is 3.41. The van der Waals surface area contributed by atoms with Gasteiger partial charge in [-0.25, -0.2) is 8.42 Å². The minimum atomic E-state index is -4.39. The summed E-state index contributed by atoms with van der Waals surface area (Å²) in [5.74, 6) is 0.431. The van der Waals surface area contributed by atoms with Gasteiger partial charge in [0.05, 0.1) is 11.5 Å². The van der Waals surface area contributed by atoms with Gasteiger partial charge >= 0.3 is 6.18 Å². The van der Waals surface area contributed by atoms with E-state index >= 15 is 0 Å². The summed E-state index contributed by atoms with van der Waals surface area (Å²) in [6.45, 7) is 0.0325. The molecule has 1 aromatic carbocycles. The molecule has 0 atom stereocenters. The van der Waals surface area contributed by atoms with Crippen molar-refractivity contribution in [3.05, 3.63) is 29.8 Å². The number of benzene rings is 1. The van der Waals surface area contributed by atoms with Gasteiger partial charge in [0.1, 0.15) is 5.75 Å². The fourth-order valence-corrected chi connectivity index (χ4v) is 3.63. The van der Waals surface area contributed by atoms with Gasteiger partial charge in [0.25, 0.3) is 0 Å². The van der Waals surface area contributed by atoms with Crippen LogP contribution in [0.1, 0.15) is 12.0 Å². The molecule has 1 aromatic rings. The minimum Gasteiger partial charge on any atom is -0.484 e. The first kappa shape index (κ1) is 17.1. The molecule has 0 aromatic heterocycles. The Balaban J connectivity index is 2.03. The molecule has 124 valence electrons. The van der Waals surface area contributed by atoms with Crippen molar-refractivity contribution in [3.63, 3.8) is 0 Å². The molecule has 0 bridgehead atoms. The highest BCUT2D eigenvalue weighted by Crippen LogP contribution is 2.23. The predicted molar refractivity (Wildman–Crippen MR) is 76.5 cm³/mol. The van der Waals surface area contributed by atoms with Gasteiger partial charge in [-0.15, -0.1) is 0 Å². The second-order valence-corrected chi connectivity index (χ2v) is 7.60. The molecule has 1 fully saturated rings. The maximum atomic E-state index is 12.3. The Hall–Kier alpha value is -1.28. The fourth-order valence-electron chi connectivity index (χ4n) is 2.32. The molecule has 4 nitrogen and oxygen atoms in total. The van der Waals surface area contributed by atoms with Gasteiger partial charge in [-0.05, 0) is 19.0 Å². The van der Waals surface area contributed by atoms with E-state index in [1.165, 1.54) is 6.07 Å². The van der Waals surface area contributed by atoms with E-state index in [0.29, 0.717) is 31.6 Å². The summed E-state index contributed by atoms with van der Waals surface area (Å²) in [6.07, 6.45) is -3.85. The summed E-state index contributed by atoms with van der Waals surface area (Å²) < 4.78 is 64.8. The maximum absolute atomic E-state index is 12.3. The molecule has 0 aliphatic carbocycles. The quantitative estimate of drug-likeness (QED) is 0.845. The lowest BCUT2D eigenvalue weighted by Crippen LogP contribution is -2.27. The Kier molecular flexibility index (Phi) is 5.33. The van der Waals surface area contributed by atoms with Gasteiger partial charge in [-0.3, -0.25) is 4.90 Å². The van der Waals surface area contributed by atoms with E-state index in [2.05, 4.69) is 0 Å². The number of alkyl halides is 3. The van der Waals surface area contributed by atoms with Crippen LogP contribution in [0.15, 0.2) is 24.3 Å². The zero-order chi connectivity index (χ0) is 16.2. The van der Waals surface area contributed by atoms with Crippen molar-refractivity contribution >= 4 is 9.84 Å². The zero-order valence-electron chi connectivity index (χ0n) is 12.0. The molecular weight excluding hydrogens is 319 g/mol. The van der Waals surface area contributed by atoms with Crippen LogP contribution >= 0.6 is 0 Å².